The van der Waals surface area contributed by atoms with Crippen molar-refractivity contribution in [3.05, 3.63) is 36.0 Å². The number of hydrogen-bond acceptors (Lipinski definition) is 5. The Balaban J connectivity index is 2.09. The van der Waals surface area contributed by atoms with E-state index in [4.69, 9.17) is 16.1 Å². The normalized spacial score (nSPS) is 11.2. The van der Waals surface area contributed by atoms with Gasteiger partial charge < -0.3 is 9.09 Å². The van der Waals surface area contributed by atoms with Gasteiger partial charge in [0.1, 0.15) is 11.3 Å². The summed E-state index contributed by atoms with van der Waals surface area (Å²) < 4.78 is 6.93. The van der Waals surface area contributed by atoms with Crippen LogP contribution in [0.3, 0.4) is 0 Å². The maximum absolute atomic E-state index is 5.91. The summed E-state index contributed by atoms with van der Waals surface area (Å²) in [6.07, 6.45) is 3.43. The molecule has 0 spiro atoms. The van der Waals surface area contributed by atoms with Gasteiger partial charge in [0.2, 0.25) is 5.89 Å². The highest BCUT2D eigenvalue weighted by Crippen LogP contribution is 2.17. The van der Waals surface area contributed by atoms with Gasteiger partial charge in [-0.05, 0) is 6.07 Å². The second-order valence-corrected chi connectivity index (χ2v) is 4.11. The fraction of sp³-hybridized carbons (Fsp3) is 0.273. The molecular formula is C11H10ClN5O. The maximum Gasteiger partial charge on any atom is 0.223 e. The van der Waals surface area contributed by atoms with Gasteiger partial charge in [-0.15, -0.1) is 11.6 Å². The molecule has 0 unspecified atom stereocenters. The van der Waals surface area contributed by atoms with E-state index in [1.54, 1.807) is 19.3 Å². The molecule has 0 bridgehead atoms. The predicted octanol–water partition coefficient (Wildman–Crippen LogP) is 1.91. The van der Waals surface area contributed by atoms with E-state index in [1.807, 2.05) is 10.6 Å². The number of aromatic nitrogens is 5. The SMILES string of the molecule is Cc1nc(Cn2c(CCl)nc3cnccc32)no1. The van der Waals surface area contributed by atoms with E-state index in [9.17, 15) is 0 Å². The zero-order valence-corrected chi connectivity index (χ0v) is 10.4. The number of aryl methyl sites for hydroxylation is 1. The molecule has 0 aliphatic heterocycles. The first-order valence-electron chi connectivity index (χ1n) is 5.42. The van der Waals surface area contributed by atoms with Crippen LogP contribution in [0.5, 0.6) is 0 Å². The Morgan fingerprint density at radius 2 is 2.28 bits per heavy atom. The van der Waals surface area contributed by atoms with E-state index in [-0.39, 0.29) is 0 Å². The number of rotatable bonds is 3. The second kappa shape index (κ2) is 4.38. The molecule has 0 radical (unpaired) electrons. The lowest BCUT2D eigenvalue weighted by Crippen LogP contribution is -2.05. The summed E-state index contributed by atoms with van der Waals surface area (Å²) in [5.41, 5.74) is 1.77. The largest absolute Gasteiger partial charge is 0.340 e. The molecule has 0 saturated heterocycles. The molecule has 3 aromatic heterocycles. The van der Waals surface area contributed by atoms with E-state index >= 15 is 0 Å². The van der Waals surface area contributed by atoms with Gasteiger partial charge in [-0.3, -0.25) is 4.98 Å². The molecule has 0 fully saturated rings. The van der Waals surface area contributed by atoms with Gasteiger partial charge in [0.25, 0.3) is 0 Å². The Bertz CT molecular complexity index is 690. The molecule has 7 heteroatoms. The Kier molecular flexibility index (Phi) is 2.71. The molecule has 0 aromatic carbocycles. The lowest BCUT2D eigenvalue weighted by molar-refractivity contribution is 0.386. The van der Waals surface area contributed by atoms with Gasteiger partial charge in [-0.1, -0.05) is 5.16 Å². The van der Waals surface area contributed by atoms with E-state index in [2.05, 4.69) is 20.1 Å². The number of pyridine rings is 1. The van der Waals surface area contributed by atoms with E-state index in [0.717, 1.165) is 16.9 Å². The molecule has 3 heterocycles. The highest BCUT2D eigenvalue weighted by molar-refractivity contribution is 6.16. The van der Waals surface area contributed by atoms with Crippen LogP contribution < -0.4 is 0 Å². The van der Waals surface area contributed by atoms with Crippen LogP contribution in [-0.4, -0.2) is 24.7 Å². The fourth-order valence-corrected chi connectivity index (χ4v) is 2.06. The third-order valence-electron chi connectivity index (χ3n) is 2.62. The van der Waals surface area contributed by atoms with Crippen molar-refractivity contribution < 1.29 is 4.52 Å². The van der Waals surface area contributed by atoms with Crippen LogP contribution >= 0.6 is 11.6 Å². The monoisotopic (exact) mass is 263 g/mol. The Morgan fingerprint density at radius 3 is 3.00 bits per heavy atom. The first kappa shape index (κ1) is 11.2. The van der Waals surface area contributed by atoms with Crippen molar-refractivity contribution in [1.82, 2.24) is 24.7 Å². The van der Waals surface area contributed by atoms with Crippen LogP contribution in [0.2, 0.25) is 0 Å². The van der Waals surface area contributed by atoms with E-state index in [1.165, 1.54) is 0 Å². The van der Waals surface area contributed by atoms with Crippen LogP contribution in [-0.2, 0) is 12.4 Å². The number of nitrogens with zero attached hydrogens (tertiary/aromatic N) is 5. The third-order valence-corrected chi connectivity index (χ3v) is 2.86. The molecule has 0 aliphatic carbocycles. The standard InChI is InChI=1S/C11H10ClN5O/c1-7-14-10(16-18-7)6-17-9-2-3-13-5-8(9)15-11(17)4-12/h2-3,5H,4,6H2,1H3. The van der Waals surface area contributed by atoms with Gasteiger partial charge in [0, 0.05) is 13.1 Å². The Labute approximate surface area is 108 Å². The first-order chi connectivity index (χ1) is 8.78. The molecule has 92 valence electrons. The summed E-state index contributed by atoms with van der Waals surface area (Å²) in [7, 11) is 0. The van der Waals surface area contributed by atoms with Crippen molar-refractivity contribution in [3.8, 4) is 0 Å². The van der Waals surface area contributed by atoms with Gasteiger partial charge in [-0.25, -0.2) is 4.98 Å². The van der Waals surface area contributed by atoms with Crippen molar-refractivity contribution >= 4 is 22.6 Å². The summed E-state index contributed by atoms with van der Waals surface area (Å²) in [5.74, 6) is 2.24. The topological polar surface area (TPSA) is 69.6 Å². The van der Waals surface area contributed by atoms with Crippen molar-refractivity contribution in [2.45, 2.75) is 19.3 Å². The Morgan fingerprint density at radius 1 is 1.39 bits per heavy atom. The van der Waals surface area contributed by atoms with Crippen LogP contribution in [0.15, 0.2) is 23.0 Å². The van der Waals surface area contributed by atoms with Crippen molar-refractivity contribution in [1.29, 1.82) is 0 Å². The lowest BCUT2D eigenvalue weighted by atomic mass is 10.4. The summed E-state index contributed by atoms with van der Waals surface area (Å²) in [5, 5.41) is 3.88. The smallest absolute Gasteiger partial charge is 0.223 e. The zero-order chi connectivity index (χ0) is 12.5. The van der Waals surface area contributed by atoms with Gasteiger partial charge in [0.15, 0.2) is 5.82 Å². The third kappa shape index (κ3) is 1.84. The molecular weight excluding hydrogens is 254 g/mol. The summed E-state index contributed by atoms with van der Waals surface area (Å²) in [6, 6.07) is 1.89. The molecule has 0 aliphatic rings. The number of imidazole rings is 1. The first-order valence-corrected chi connectivity index (χ1v) is 5.95. The second-order valence-electron chi connectivity index (χ2n) is 3.84. The van der Waals surface area contributed by atoms with Crippen molar-refractivity contribution in [2.24, 2.45) is 0 Å². The lowest BCUT2D eigenvalue weighted by Gasteiger charge is -2.03. The predicted molar refractivity (Wildman–Crippen MR) is 65.2 cm³/mol. The number of halogens is 1. The molecule has 3 rings (SSSR count). The molecule has 0 saturated carbocycles. The minimum absolute atomic E-state index is 0.325. The minimum Gasteiger partial charge on any atom is -0.340 e. The average Bonchev–Trinajstić information content (AvgIpc) is 2.94. The van der Waals surface area contributed by atoms with Crippen molar-refractivity contribution in [3.63, 3.8) is 0 Å². The van der Waals surface area contributed by atoms with Crippen LogP contribution in [0, 0.1) is 6.92 Å². The number of alkyl halides is 1. The van der Waals surface area contributed by atoms with Crippen LogP contribution in [0.1, 0.15) is 17.5 Å². The highest BCUT2D eigenvalue weighted by atomic mass is 35.5. The number of hydrogen-bond donors (Lipinski definition) is 0. The van der Waals surface area contributed by atoms with E-state index in [0.29, 0.717) is 24.1 Å². The zero-order valence-electron chi connectivity index (χ0n) is 9.67. The average molecular weight is 264 g/mol. The summed E-state index contributed by atoms with van der Waals surface area (Å²) in [4.78, 5) is 12.6. The van der Waals surface area contributed by atoms with Gasteiger partial charge in [0.05, 0.1) is 24.1 Å². The number of fused-ring (bicyclic) bond motifs is 1. The maximum atomic E-state index is 5.91. The molecule has 3 aromatic rings. The molecule has 0 atom stereocenters. The highest BCUT2D eigenvalue weighted by Gasteiger charge is 2.12. The van der Waals surface area contributed by atoms with Crippen LogP contribution in [0.4, 0.5) is 0 Å². The molecule has 0 amide bonds. The van der Waals surface area contributed by atoms with E-state index < -0.39 is 0 Å². The Hall–Kier alpha value is -1.95. The fourth-order valence-electron chi connectivity index (χ4n) is 1.86. The molecule has 0 N–H and O–H groups in total. The quantitative estimate of drug-likeness (QED) is 0.675. The molecule has 6 nitrogen and oxygen atoms in total. The summed E-state index contributed by atoms with van der Waals surface area (Å²) in [6.45, 7) is 2.24. The molecule has 18 heavy (non-hydrogen) atoms. The summed E-state index contributed by atoms with van der Waals surface area (Å²) >= 11 is 5.91. The van der Waals surface area contributed by atoms with Crippen molar-refractivity contribution in [2.75, 3.05) is 0 Å². The minimum atomic E-state index is 0.325. The van der Waals surface area contributed by atoms with Gasteiger partial charge in [-0.2, -0.15) is 4.98 Å². The van der Waals surface area contributed by atoms with Gasteiger partial charge >= 0.3 is 0 Å². The van der Waals surface area contributed by atoms with Crippen LogP contribution in [0.25, 0.3) is 11.0 Å².